The van der Waals surface area contributed by atoms with Crippen LogP contribution in [-0.4, -0.2) is 22.9 Å². The maximum absolute atomic E-state index is 10.9. The summed E-state index contributed by atoms with van der Waals surface area (Å²) < 4.78 is 6.26. The number of carbonyl (C=O) groups is 1. The molecule has 0 radical (unpaired) electrons. The zero-order valence-electron chi connectivity index (χ0n) is 9.41. The first-order valence-corrected chi connectivity index (χ1v) is 5.16. The third-order valence-corrected chi connectivity index (χ3v) is 2.24. The van der Waals surface area contributed by atoms with Gasteiger partial charge in [0.05, 0.1) is 19.0 Å². The molecule has 0 amide bonds. The molecule has 0 aliphatic heterocycles. The van der Waals surface area contributed by atoms with Gasteiger partial charge in [-0.3, -0.25) is 0 Å². The Hall–Kier alpha value is -2.36. The van der Waals surface area contributed by atoms with Crippen LogP contribution >= 0.6 is 0 Å². The largest absolute Gasteiger partial charge is 0.466 e. The second kappa shape index (κ2) is 5.12. The fourth-order valence-corrected chi connectivity index (χ4v) is 1.38. The average Bonchev–Trinajstić information content (AvgIpc) is 2.86. The Morgan fingerprint density at radius 2 is 2.12 bits per heavy atom. The van der Waals surface area contributed by atoms with Crippen molar-refractivity contribution in [2.75, 3.05) is 7.11 Å². The number of methoxy groups -OCH3 is 1. The van der Waals surface area contributed by atoms with Crippen molar-refractivity contribution in [1.82, 2.24) is 9.78 Å². The van der Waals surface area contributed by atoms with Gasteiger partial charge in [0.2, 0.25) is 0 Å². The molecule has 2 rings (SSSR count). The van der Waals surface area contributed by atoms with E-state index in [0.717, 1.165) is 11.3 Å². The number of ether oxygens (including phenoxy) is 1. The molecule has 0 fully saturated rings. The van der Waals surface area contributed by atoms with Gasteiger partial charge < -0.3 is 4.74 Å². The molecule has 4 heteroatoms. The highest BCUT2D eigenvalue weighted by atomic mass is 16.5. The van der Waals surface area contributed by atoms with Gasteiger partial charge in [0.1, 0.15) is 0 Å². The molecule has 0 spiro atoms. The molecule has 0 aliphatic carbocycles. The zero-order valence-corrected chi connectivity index (χ0v) is 9.41. The fraction of sp³-hybridized carbons (Fsp3) is 0.0769. The smallest absolute Gasteiger partial charge is 0.330 e. The minimum atomic E-state index is -0.377. The molecule has 0 aliphatic rings. The monoisotopic (exact) mass is 228 g/mol. The van der Waals surface area contributed by atoms with E-state index < -0.39 is 0 Å². The molecule has 2 aromatic rings. The molecule has 0 saturated carbocycles. The Labute approximate surface area is 99.1 Å². The highest BCUT2D eigenvalue weighted by Crippen LogP contribution is 2.08. The first-order valence-electron chi connectivity index (χ1n) is 5.16. The van der Waals surface area contributed by atoms with E-state index in [1.54, 1.807) is 17.0 Å². The molecule has 0 unspecified atom stereocenters. The van der Waals surface area contributed by atoms with Crippen molar-refractivity contribution in [3.63, 3.8) is 0 Å². The van der Waals surface area contributed by atoms with Gasteiger partial charge in [-0.15, -0.1) is 0 Å². The SMILES string of the molecule is COC(=O)/C=C/c1cnn(-c2ccccc2)c1. The summed E-state index contributed by atoms with van der Waals surface area (Å²) >= 11 is 0. The summed E-state index contributed by atoms with van der Waals surface area (Å²) in [6.45, 7) is 0. The summed E-state index contributed by atoms with van der Waals surface area (Å²) in [6, 6.07) is 9.76. The lowest BCUT2D eigenvalue weighted by Crippen LogP contribution is -1.93. The van der Waals surface area contributed by atoms with Gasteiger partial charge in [-0.1, -0.05) is 18.2 Å². The molecule has 0 N–H and O–H groups in total. The third kappa shape index (κ3) is 2.81. The Balaban J connectivity index is 2.17. The van der Waals surface area contributed by atoms with Crippen LogP contribution in [0.15, 0.2) is 48.8 Å². The predicted molar refractivity (Wildman–Crippen MR) is 64.6 cm³/mol. The number of benzene rings is 1. The third-order valence-electron chi connectivity index (χ3n) is 2.24. The topological polar surface area (TPSA) is 44.1 Å². The molecule has 1 heterocycles. The van der Waals surface area contributed by atoms with Crippen LogP contribution in [0.2, 0.25) is 0 Å². The van der Waals surface area contributed by atoms with Gasteiger partial charge in [0, 0.05) is 17.8 Å². The van der Waals surface area contributed by atoms with Crippen LogP contribution < -0.4 is 0 Å². The summed E-state index contributed by atoms with van der Waals surface area (Å²) in [5.41, 5.74) is 1.82. The summed E-state index contributed by atoms with van der Waals surface area (Å²) in [5.74, 6) is -0.377. The molecule has 17 heavy (non-hydrogen) atoms. The van der Waals surface area contributed by atoms with Crippen LogP contribution in [0.1, 0.15) is 5.56 Å². The molecule has 86 valence electrons. The molecular weight excluding hydrogens is 216 g/mol. The minimum Gasteiger partial charge on any atom is -0.466 e. The van der Waals surface area contributed by atoms with Gasteiger partial charge in [-0.05, 0) is 18.2 Å². The maximum atomic E-state index is 10.9. The van der Waals surface area contributed by atoms with E-state index in [2.05, 4.69) is 9.84 Å². The van der Waals surface area contributed by atoms with Gasteiger partial charge in [0.25, 0.3) is 0 Å². The second-order valence-electron chi connectivity index (χ2n) is 3.41. The minimum absolute atomic E-state index is 0.377. The molecule has 4 nitrogen and oxygen atoms in total. The molecule has 0 saturated heterocycles. The second-order valence-corrected chi connectivity index (χ2v) is 3.41. The molecule has 1 aromatic heterocycles. The number of para-hydroxylation sites is 1. The van der Waals surface area contributed by atoms with E-state index in [-0.39, 0.29) is 5.97 Å². The zero-order chi connectivity index (χ0) is 12.1. The molecule has 0 bridgehead atoms. The fourth-order valence-electron chi connectivity index (χ4n) is 1.38. The number of aromatic nitrogens is 2. The first kappa shape index (κ1) is 11.1. The van der Waals surface area contributed by atoms with E-state index >= 15 is 0 Å². The van der Waals surface area contributed by atoms with Crippen molar-refractivity contribution in [2.24, 2.45) is 0 Å². The van der Waals surface area contributed by atoms with E-state index in [4.69, 9.17) is 0 Å². The van der Waals surface area contributed by atoms with Crippen LogP contribution in [-0.2, 0) is 9.53 Å². The summed E-state index contributed by atoms with van der Waals surface area (Å²) in [5, 5.41) is 4.20. The van der Waals surface area contributed by atoms with Crippen molar-refractivity contribution in [2.45, 2.75) is 0 Å². The lowest BCUT2D eigenvalue weighted by Gasteiger charge is -1.98. The van der Waals surface area contributed by atoms with Crippen LogP contribution in [0.4, 0.5) is 0 Å². The van der Waals surface area contributed by atoms with Crippen molar-refractivity contribution in [3.8, 4) is 5.69 Å². The van der Waals surface area contributed by atoms with Gasteiger partial charge in [-0.2, -0.15) is 5.10 Å². The van der Waals surface area contributed by atoms with Gasteiger partial charge >= 0.3 is 5.97 Å². The lowest BCUT2D eigenvalue weighted by atomic mass is 10.3. The number of hydrogen-bond acceptors (Lipinski definition) is 3. The number of carbonyl (C=O) groups excluding carboxylic acids is 1. The van der Waals surface area contributed by atoms with Gasteiger partial charge in [-0.25, -0.2) is 9.48 Å². The Kier molecular flexibility index (Phi) is 3.35. The van der Waals surface area contributed by atoms with Crippen molar-refractivity contribution in [1.29, 1.82) is 0 Å². The number of rotatable bonds is 3. The summed E-state index contributed by atoms with van der Waals surface area (Å²) in [4.78, 5) is 10.9. The Morgan fingerprint density at radius 3 is 2.82 bits per heavy atom. The predicted octanol–water partition coefficient (Wildman–Crippen LogP) is 2.06. The maximum Gasteiger partial charge on any atom is 0.330 e. The lowest BCUT2D eigenvalue weighted by molar-refractivity contribution is -0.134. The van der Waals surface area contributed by atoms with Crippen LogP contribution in [0.3, 0.4) is 0 Å². The van der Waals surface area contributed by atoms with E-state index in [0.29, 0.717) is 0 Å². The summed E-state index contributed by atoms with van der Waals surface area (Å²) in [7, 11) is 1.35. The van der Waals surface area contributed by atoms with Gasteiger partial charge in [0.15, 0.2) is 0 Å². The Morgan fingerprint density at radius 1 is 1.35 bits per heavy atom. The Bertz CT molecular complexity index is 529. The summed E-state index contributed by atoms with van der Waals surface area (Å²) in [6.07, 6.45) is 6.56. The number of hydrogen-bond donors (Lipinski definition) is 0. The van der Waals surface area contributed by atoms with E-state index in [9.17, 15) is 4.79 Å². The van der Waals surface area contributed by atoms with Crippen LogP contribution in [0.25, 0.3) is 11.8 Å². The first-order chi connectivity index (χ1) is 8.29. The molecule has 1 aromatic carbocycles. The highest BCUT2D eigenvalue weighted by Gasteiger charge is 1.98. The standard InChI is InChI=1S/C13H12N2O2/c1-17-13(16)8-7-11-9-14-15(10-11)12-5-3-2-4-6-12/h2-10H,1H3/b8-7+. The average molecular weight is 228 g/mol. The van der Waals surface area contributed by atoms with Crippen molar-refractivity contribution < 1.29 is 9.53 Å². The van der Waals surface area contributed by atoms with Crippen LogP contribution in [0, 0.1) is 0 Å². The van der Waals surface area contributed by atoms with Crippen LogP contribution in [0.5, 0.6) is 0 Å². The highest BCUT2D eigenvalue weighted by molar-refractivity contribution is 5.86. The van der Waals surface area contributed by atoms with E-state index in [1.165, 1.54) is 13.2 Å². The molecule has 0 atom stereocenters. The number of esters is 1. The molecular formula is C13H12N2O2. The number of nitrogens with zero attached hydrogens (tertiary/aromatic N) is 2. The quantitative estimate of drug-likeness (QED) is 0.596. The van der Waals surface area contributed by atoms with E-state index in [1.807, 2.05) is 36.5 Å². The van der Waals surface area contributed by atoms with Crippen molar-refractivity contribution in [3.05, 3.63) is 54.4 Å². The normalized spacial score (nSPS) is 10.6. The van der Waals surface area contributed by atoms with Crippen molar-refractivity contribution >= 4 is 12.0 Å².